The monoisotopic (exact) mass is 205 g/mol. The van der Waals surface area contributed by atoms with Gasteiger partial charge in [0.1, 0.15) is 0 Å². The van der Waals surface area contributed by atoms with E-state index in [2.05, 4.69) is 0 Å². The van der Waals surface area contributed by atoms with Crippen molar-refractivity contribution in [1.82, 2.24) is 0 Å². The minimum Gasteiger partial charge on any atom is -0.387 e. The molecule has 0 aliphatic heterocycles. The molecule has 3 N–H and O–H groups in total. The first-order chi connectivity index (χ1) is 5.66. The summed E-state index contributed by atoms with van der Waals surface area (Å²) in [6.07, 6.45) is -0.525. The molecule has 0 saturated heterocycles. The summed E-state index contributed by atoms with van der Waals surface area (Å²) in [5, 5.41) is 12.2. The molecule has 0 amide bonds. The van der Waals surface area contributed by atoms with Crippen molar-refractivity contribution in [3.05, 3.63) is 21.3 Å². The third-order valence-electron chi connectivity index (χ3n) is 1.82. The maximum absolute atomic E-state index is 9.70. The van der Waals surface area contributed by atoms with Gasteiger partial charge >= 0.3 is 0 Å². The zero-order valence-electron chi connectivity index (χ0n) is 6.83. The first-order valence-electron chi connectivity index (χ1n) is 3.77. The molecule has 1 rings (SSSR count). The van der Waals surface area contributed by atoms with E-state index in [9.17, 15) is 5.11 Å². The van der Waals surface area contributed by atoms with E-state index < -0.39 is 6.10 Å². The predicted molar refractivity (Wildman–Crippen MR) is 52.5 cm³/mol. The highest BCUT2D eigenvalue weighted by Gasteiger charge is 2.18. The lowest BCUT2D eigenvalue weighted by molar-refractivity contribution is 0.125. The van der Waals surface area contributed by atoms with Gasteiger partial charge in [-0.3, -0.25) is 0 Å². The molecule has 0 radical (unpaired) electrons. The van der Waals surface area contributed by atoms with Gasteiger partial charge < -0.3 is 10.8 Å². The first kappa shape index (κ1) is 9.99. The highest BCUT2D eigenvalue weighted by Crippen LogP contribution is 2.32. The van der Waals surface area contributed by atoms with Crippen LogP contribution in [0.4, 0.5) is 0 Å². The molecule has 1 aromatic heterocycles. The summed E-state index contributed by atoms with van der Waals surface area (Å²) >= 11 is 7.31. The molecule has 2 atom stereocenters. The predicted octanol–water partition coefficient (Wildman–Crippen LogP) is 2.03. The zero-order valence-corrected chi connectivity index (χ0v) is 8.40. The van der Waals surface area contributed by atoms with Crippen LogP contribution in [0.1, 0.15) is 17.9 Å². The second-order valence-electron chi connectivity index (χ2n) is 2.79. The Morgan fingerprint density at radius 1 is 1.75 bits per heavy atom. The van der Waals surface area contributed by atoms with Crippen molar-refractivity contribution in [2.45, 2.75) is 13.0 Å². The van der Waals surface area contributed by atoms with Gasteiger partial charge in [0.25, 0.3) is 0 Å². The fourth-order valence-electron chi connectivity index (χ4n) is 0.904. The number of aliphatic hydroxyl groups excluding tert-OH is 1. The van der Waals surface area contributed by atoms with Crippen molar-refractivity contribution in [2.24, 2.45) is 11.7 Å². The van der Waals surface area contributed by atoms with Crippen molar-refractivity contribution in [2.75, 3.05) is 6.54 Å². The summed E-state index contributed by atoms with van der Waals surface area (Å²) in [7, 11) is 0. The minimum atomic E-state index is -0.525. The van der Waals surface area contributed by atoms with E-state index in [-0.39, 0.29) is 5.92 Å². The minimum absolute atomic E-state index is 0.0566. The van der Waals surface area contributed by atoms with Crippen molar-refractivity contribution in [3.63, 3.8) is 0 Å². The summed E-state index contributed by atoms with van der Waals surface area (Å²) in [6, 6.07) is 1.79. The Bertz CT molecular complexity index is 251. The van der Waals surface area contributed by atoms with Gasteiger partial charge in [0.15, 0.2) is 0 Å². The number of aliphatic hydroxyl groups is 1. The van der Waals surface area contributed by atoms with Gasteiger partial charge in [-0.25, -0.2) is 0 Å². The number of thiophene rings is 1. The normalized spacial score (nSPS) is 16.0. The van der Waals surface area contributed by atoms with E-state index in [1.807, 2.05) is 12.3 Å². The van der Waals surface area contributed by atoms with Crippen molar-refractivity contribution >= 4 is 22.9 Å². The number of halogens is 1. The first-order valence-corrected chi connectivity index (χ1v) is 5.03. The third kappa shape index (κ3) is 1.98. The van der Waals surface area contributed by atoms with Crippen molar-refractivity contribution in [3.8, 4) is 0 Å². The molecule has 1 aromatic rings. The van der Waals surface area contributed by atoms with Crippen LogP contribution in [-0.4, -0.2) is 11.7 Å². The van der Waals surface area contributed by atoms with Gasteiger partial charge in [0.05, 0.1) is 16.0 Å². The lowest BCUT2D eigenvalue weighted by Crippen LogP contribution is -2.18. The fourth-order valence-corrected chi connectivity index (χ4v) is 2.19. The summed E-state index contributed by atoms with van der Waals surface area (Å²) in [6.45, 7) is 2.37. The van der Waals surface area contributed by atoms with Crippen molar-refractivity contribution < 1.29 is 5.11 Å². The second-order valence-corrected chi connectivity index (χ2v) is 4.15. The van der Waals surface area contributed by atoms with E-state index >= 15 is 0 Å². The molecule has 2 unspecified atom stereocenters. The summed E-state index contributed by atoms with van der Waals surface area (Å²) in [5.74, 6) is 0.0566. The van der Waals surface area contributed by atoms with Gasteiger partial charge in [-0.1, -0.05) is 18.5 Å². The van der Waals surface area contributed by atoms with Crippen LogP contribution < -0.4 is 5.73 Å². The van der Waals surface area contributed by atoms with E-state index in [4.69, 9.17) is 17.3 Å². The second kappa shape index (κ2) is 4.23. The van der Waals surface area contributed by atoms with Gasteiger partial charge in [0, 0.05) is 0 Å². The SMILES string of the molecule is CC(CN)C(O)c1sccc1Cl. The number of nitrogens with two attached hydrogens (primary N) is 1. The van der Waals surface area contributed by atoms with Crippen LogP contribution in [0.15, 0.2) is 11.4 Å². The maximum Gasteiger partial charge on any atom is 0.0934 e. The summed E-state index contributed by atoms with van der Waals surface area (Å²) in [4.78, 5) is 0.814. The molecule has 0 aliphatic rings. The Balaban J connectivity index is 2.77. The molecule has 1 heterocycles. The maximum atomic E-state index is 9.70. The zero-order chi connectivity index (χ0) is 9.14. The average molecular weight is 206 g/mol. The van der Waals surface area contributed by atoms with Gasteiger partial charge in [-0.15, -0.1) is 11.3 Å². The highest BCUT2D eigenvalue weighted by atomic mass is 35.5. The summed E-state index contributed by atoms with van der Waals surface area (Å²) < 4.78 is 0. The fraction of sp³-hybridized carbons (Fsp3) is 0.500. The Hall–Kier alpha value is -0.0900. The van der Waals surface area contributed by atoms with Crippen molar-refractivity contribution in [1.29, 1.82) is 0 Å². The van der Waals surface area contributed by atoms with Gasteiger partial charge in [0.2, 0.25) is 0 Å². The van der Waals surface area contributed by atoms with Gasteiger partial charge in [-0.2, -0.15) is 0 Å². The Labute approximate surface area is 81.0 Å². The topological polar surface area (TPSA) is 46.2 Å². The molecule has 0 spiro atoms. The Morgan fingerprint density at radius 2 is 2.42 bits per heavy atom. The molecule has 0 aromatic carbocycles. The molecule has 4 heteroatoms. The molecule has 12 heavy (non-hydrogen) atoms. The molecule has 0 saturated carbocycles. The summed E-state index contributed by atoms with van der Waals surface area (Å²) in [5.41, 5.74) is 5.43. The molecule has 68 valence electrons. The molecule has 0 aliphatic carbocycles. The van der Waals surface area contributed by atoms with Crippen LogP contribution in [0.3, 0.4) is 0 Å². The van der Waals surface area contributed by atoms with Crippen LogP contribution in [0.2, 0.25) is 5.02 Å². The highest BCUT2D eigenvalue weighted by molar-refractivity contribution is 7.10. The quantitative estimate of drug-likeness (QED) is 0.794. The molecular weight excluding hydrogens is 194 g/mol. The van der Waals surface area contributed by atoms with Crippen LogP contribution in [0.5, 0.6) is 0 Å². The lowest BCUT2D eigenvalue weighted by atomic mass is 10.0. The van der Waals surface area contributed by atoms with E-state index in [0.717, 1.165) is 4.88 Å². The third-order valence-corrected chi connectivity index (χ3v) is 3.25. The van der Waals surface area contributed by atoms with E-state index in [0.29, 0.717) is 11.6 Å². The van der Waals surface area contributed by atoms with Crippen LogP contribution >= 0.6 is 22.9 Å². The van der Waals surface area contributed by atoms with Crippen LogP contribution in [-0.2, 0) is 0 Å². The molecular formula is C8H12ClNOS. The Morgan fingerprint density at radius 3 is 2.83 bits per heavy atom. The number of hydrogen-bond donors (Lipinski definition) is 2. The largest absolute Gasteiger partial charge is 0.387 e. The van der Waals surface area contributed by atoms with Gasteiger partial charge in [-0.05, 0) is 23.9 Å². The Kier molecular flexibility index (Phi) is 3.53. The molecule has 0 bridgehead atoms. The number of rotatable bonds is 3. The standard InChI is InChI=1S/C8H12ClNOS/c1-5(4-10)7(11)8-6(9)2-3-12-8/h2-3,5,7,11H,4,10H2,1H3. The smallest absolute Gasteiger partial charge is 0.0934 e. The average Bonchev–Trinajstić information content (AvgIpc) is 2.48. The van der Waals surface area contributed by atoms with E-state index in [1.54, 1.807) is 6.07 Å². The number of hydrogen-bond acceptors (Lipinski definition) is 3. The molecule has 2 nitrogen and oxygen atoms in total. The van der Waals surface area contributed by atoms with Crippen LogP contribution in [0.25, 0.3) is 0 Å². The van der Waals surface area contributed by atoms with Crippen LogP contribution in [0, 0.1) is 5.92 Å². The van der Waals surface area contributed by atoms with E-state index in [1.165, 1.54) is 11.3 Å². The lowest BCUT2D eigenvalue weighted by Gasteiger charge is -2.15. The molecule has 0 fully saturated rings.